The highest BCUT2D eigenvalue weighted by atomic mass is 35.5. The molecule has 1 aliphatic rings. The summed E-state index contributed by atoms with van der Waals surface area (Å²) >= 11 is 6.20. The van der Waals surface area contributed by atoms with Gasteiger partial charge >= 0.3 is 0 Å². The Morgan fingerprint density at radius 1 is 1.27 bits per heavy atom. The second-order valence-corrected chi connectivity index (χ2v) is 8.08. The summed E-state index contributed by atoms with van der Waals surface area (Å²) in [7, 11) is 3.01. The van der Waals surface area contributed by atoms with Crippen LogP contribution in [0.25, 0.3) is 0 Å². The highest BCUT2D eigenvalue weighted by Crippen LogP contribution is 2.33. The first-order valence-electron chi connectivity index (χ1n) is 10.5. The summed E-state index contributed by atoms with van der Waals surface area (Å²) < 4.78 is 10.6. The molecule has 174 valence electrons. The van der Waals surface area contributed by atoms with Crippen LogP contribution in [0.2, 0.25) is 5.02 Å². The van der Waals surface area contributed by atoms with Crippen molar-refractivity contribution in [3.05, 3.63) is 58.1 Å². The first-order chi connectivity index (χ1) is 15.9. The molecule has 2 N–H and O–H groups in total. The summed E-state index contributed by atoms with van der Waals surface area (Å²) in [5, 5.41) is 22.2. The Balaban J connectivity index is 1.75. The van der Waals surface area contributed by atoms with E-state index in [9.17, 15) is 14.7 Å². The third-order valence-corrected chi connectivity index (χ3v) is 6.12. The lowest BCUT2D eigenvalue weighted by Gasteiger charge is -2.28. The molecule has 1 heterocycles. The van der Waals surface area contributed by atoms with Gasteiger partial charge in [-0.05, 0) is 48.7 Å². The summed E-state index contributed by atoms with van der Waals surface area (Å²) in [5.41, 5.74) is 1.61. The monoisotopic (exact) mass is 471 g/mol. The molecule has 0 bridgehead atoms. The molecule has 0 aromatic heterocycles. The minimum absolute atomic E-state index is 0.176. The molecule has 1 saturated heterocycles. The van der Waals surface area contributed by atoms with E-state index in [0.717, 1.165) is 0 Å². The number of amides is 2. The average Bonchev–Trinajstić information content (AvgIpc) is 3.33. The number of benzene rings is 2. The molecule has 8 nitrogen and oxygen atoms in total. The predicted octanol–water partition coefficient (Wildman–Crippen LogP) is 2.61. The zero-order valence-corrected chi connectivity index (χ0v) is 19.3. The molecule has 2 atom stereocenters. The van der Waals surface area contributed by atoms with E-state index in [1.54, 1.807) is 36.4 Å². The van der Waals surface area contributed by atoms with Crippen molar-refractivity contribution in [1.29, 1.82) is 5.26 Å². The van der Waals surface area contributed by atoms with Gasteiger partial charge in [0, 0.05) is 23.7 Å². The number of hydrogen-bond acceptors (Lipinski definition) is 6. The van der Waals surface area contributed by atoms with Crippen LogP contribution in [0.3, 0.4) is 0 Å². The van der Waals surface area contributed by atoms with Crippen molar-refractivity contribution in [3.8, 4) is 17.6 Å². The maximum absolute atomic E-state index is 13.4. The van der Waals surface area contributed by atoms with Crippen LogP contribution in [-0.2, 0) is 16.1 Å². The van der Waals surface area contributed by atoms with Gasteiger partial charge in [0.25, 0.3) is 0 Å². The topological polar surface area (TPSA) is 112 Å². The number of nitrogens with zero attached hydrogens (tertiary/aromatic N) is 2. The minimum atomic E-state index is -0.892. The van der Waals surface area contributed by atoms with Gasteiger partial charge in [-0.2, -0.15) is 5.26 Å². The molecular formula is C24H26ClN3O5. The number of ether oxygens (including phenoxy) is 2. The molecule has 0 saturated carbocycles. The van der Waals surface area contributed by atoms with Crippen molar-refractivity contribution < 1.29 is 24.2 Å². The molecule has 1 aliphatic heterocycles. The molecule has 2 aromatic carbocycles. The Hall–Kier alpha value is -3.28. The van der Waals surface area contributed by atoms with Crippen molar-refractivity contribution in [1.82, 2.24) is 10.2 Å². The van der Waals surface area contributed by atoms with Gasteiger partial charge in [-0.15, -0.1) is 0 Å². The number of rotatable bonds is 8. The number of nitriles is 1. The summed E-state index contributed by atoms with van der Waals surface area (Å²) in [4.78, 5) is 27.8. The van der Waals surface area contributed by atoms with E-state index in [2.05, 4.69) is 5.32 Å². The average molecular weight is 472 g/mol. The van der Waals surface area contributed by atoms with E-state index in [-0.39, 0.29) is 18.4 Å². The molecule has 0 unspecified atom stereocenters. The van der Waals surface area contributed by atoms with Gasteiger partial charge in [0.2, 0.25) is 11.8 Å². The van der Waals surface area contributed by atoms with Gasteiger partial charge in [-0.1, -0.05) is 17.7 Å². The molecular weight excluding hydrogens is 446 g/mol. The lowest BCUT2D eigenvalue weighted by atomic mass is 9.96. The number of nitrogens with one attached hydrogen (secondary N) is 1. The van der Waals surface area contributed by atoms with Crippen LogP contribution in [0, 0.1) is 11.3 Å². The summed E-state index contributed by atoms with van der Waals surface area (Å²) in [5.74, 6) is -0.545. The maximum atomic E-state index is 13.4. The zero-order chi connectivity index (χ0) is 24.0. The van der Waals surface area contributed by atoms with E-state index in [1.807, 2.05) is 6.07 Å². The lowest BCUT2D eigenvalue weighted by Crippen LogP contribution is -2.47. The zero-order valence-electron chi connectivity index (χ0n) is 18.5. The van der Waals surface area contributed by atoms with Crippen molar-refractivity contribution in [2.24, 2.45) is 0 Å². The number of carbonyl (C=O) groups is 2. The molecule has 33 heavy (non-hydrogen) atoms. The third-order valence-electron chi connectivity index (χ3n) is 5.77. The van der Waals surface area contributed by atoms with Crippen LogP contribution in [0.1, 0.15) is 35.4 Å². The van der Waals surface area contributed by atoms with Crippen LogP contribution in [0.5, 0.6) is 11.5 Å². The first-order valence-corrected chi connectivity index (χ1v) is 10.9. The van der Waals surface area contributed by atoms with E-state index < -0.39 is 18.6 Å². The van der Waals surface area contributed by atoms with Crippen LogP contribution < -0.4 is 14.8 Å². The Kier molecular flexibility index (Phi) is 8.15. The second-order valence-electron chi connectivity index (χ2n) is 7.67. The molecule has 2 amide bonds. The van der Waals surface area contributed by atoms with Crippen molar-refractivity contribution >= 4 is 23.4 Å². The normalized spacial score (nSPS) is 16.1. The largest absolute Gasteiger partial charge is 0.497 e. The smallest absolute Gasteiger partial charge is 0.243 e. The Morgan fingerprint density at radius 3 is 2.70 bits per heavy atom. The predicted molar refractivity (Wildman–Crippen MR) is 122 cm³/mol. The highest BCUT2D eigenvalue weighted by molar-refractivity contribution is 6.31. The molecule has 1 fully saturated rings. The minimum Gasteiger partial charge on any atom is -0.497 e. The fraction of sp³-hybridized carbons (Fsp3) is 0.375. The van der Waals surface area contributed by atoms with Gasteiger partial charge in [0.1, 0.15) is 17.5 Å². The van der Waals surface area contributed by atoms with Gasteiger partial charge in [-0.25, -0.2) is 0 Å². The molecule has 0 aliphatic carbocycles. The summed E-state index contributed by atoms with van der Waals surface area (Å²) in [6, 6.07) is 11.3. The van der Waals surface area contributed by atoms with Crippen molar-refractivity contribution in [2.45, 2.75) is 31.3 Å². The molecule has 2 aromatic rings. The number of aliphatic hydroxyl groups is 1. The quantitative estimate of drug-likeness (QED) is 0.612. The fourth-order valence-electron chi connectivity index (χ4n) is 3.98. The first kappa shape index (κ1) is 24.4. The number of halogens is 1. The summed E-state index contributed by atoms with van der Waals surface area (Å²) in [6.07, 6.45) is 1.20. The lowest BCUT2D eigenvalue weighted by molar-refractivity contribution is -0.140. The van der Waals surface area contributed by atoms with E-state index >= 15 is 0 Å². The molecule has 0 spiro atoms. The summed E-state index contributed by atoms with van der Waals surface area (Å²) in [6.45, 7) is 0.153. The van der Waals surface area contributed by atoms with Crippen LogP contribution in [0.4, 0.5) is 0 Å². The van der Waals surface area contributed by atoms with E-state index in [4.69, 9.17) is 26.3 Å². The molecule has 0 radical (unpaired) electrons. The SMILES string of the molecule is COc1ccc(OC)c([C@@H](CO)C(=O)N2CCC[C@H]2C(=O)NCc2ccc(C#N)cc2Cl)c1. The number of aliphatic hydroxyl groups excluding tert-OH is 1. The third kappa shape index (κ3) is 5.38. The van der Waals surface area contributed by atoms with Gasteiger partial charge in [0.15, 0.2) is 0 Å². The number of methoxy groups -OCH3 is 2. The van der Waals surface area contributed by atoms with Gasteiger partial charge in [-0.3, -0.25) is 9.59 Å². The van der Waals surface area contributed by atoms with Crippen molar-refractivity contribution in [3.63, 3.8) is 0 Å². The van der Waals surface area contributed by atoms with Crippen LogP contribution in [0.15, 0.2) is 36.4 Å². The number of likely N-dealkylation sites (tertiary alicyclic amines) is 1. The van der Waals surface area contributed by atoms with E-state index in [1.165, 1.54) is 19.1 Å². The molecule has 3 rings (SSSR count). The fourth-order valence-corrected chi connectivity index (χ4v) is 4.23. The van der Waals surface area contributed by atoms with Crippen LogP contribution in [-0.4, -0.2) is 55.2 Å². The van der Waals surface area contributed by atoms with E-state index in [0.29, 0.717) is 52.6 Å². The Labute approximate surface area is 197 Å². The van der Waals surface area contributed by atoms with Crippen molar-refractivity contribution in [2.75, 3.05) is 27.4 Å². The van der Waals surface area contributed by atoms with Gasteiger partial charge < -0.3 is 24.8 Å². The Morgan fingerprint density at radius 2 is 2.06 bits per heavy atom. The van der Waals surface area contributed by atoms with Gasteiger partial charge in [0.05, 0.1) is 38.4 Å². The molecule has 9 heteroatoms. The maximum Gasteiger partial charge on any atom is 0.243 e. The standard InChI is InChI=1S/C24H26ClN3O5/c1-32-17-7-8-22(33-2)18(11-17)19(14-29)24(31)28-9-3-4-21(28)23(30)27-13-16-6-5-15(12-26)10-20(16)25/h5-8,10-11,19,21,29H,3-4,9,13-14H2,1-2H3,(H,27,30)/t19-,21+/m1/s1. The van der Waals surface area contributed by atoms with Crippen LogP contribution >= 0.6 is 11.6 Å². The second kappa shape index (κ2) is 11.0. The highest BCUT2D eigenvalue weighted by Gasteiger charge is 2.38. The Bertz CT molecular complexity index is 1070. The number of carbonyl (C=O) groups excluding carboxylic acids is 2. The number of hydrogen-bond donors (Lipinski definition) is 2.